The Morgan fingerprint density at radius 2 is 2.06 bits per heavy atom. The normalized spacial score (nSPS) is 18.6. The van der Waals surface area contributed by atoms with E-state index in [0.717, 1.165) is 0 Å². The molecule has 0 aliphatic carbocycles. The van der Waals surface area contributed by atoms with Crippen molar-refractivity contribution >= 4 is 23.4 Å². The highest BCUT2D eigenvalue weighted by molar-refractivity contribution is 6.31. The molecule has 1 aliphatic rings. The minimum absolute atomic E-state index is 0.0244. The van der Waals surface area contributed by atoms with Gasteiger partial charge in [-0.3, -0.25) is 14.9 Å². The highest BCUT2D eigenvalue weighted by Gasteiger charge is 2.31. The fourth-order valence-corrected chi connectivity index (χ4v) is 3.49. The van der Waals surface area contributed by atoms with Crippen LogP contribution in [0.15, 0.2) is 30.5 Å². The molecule has 11 heteroatoms. The van der Waals surface area contributed by atoms with Crippen LogP contribution < -0.4 is 20.7 Å². The van der Waals surface area contributed by atoms with E-state index < -0.39 is 24.6 Å². The summed E-state index contributed by atoms with van der Waals surface area (Å²) in [6.45, 7) is 0.412. The molecule has 3 rings (SSSR count). The van der Waals surface area contributed by atoms with Crippen LogP contribution in [-0.4, -0.2) is 23.4 Å². The van der Waals surface area contributed by atoms with E-state index in [2.05, 4.69) is 25.7 Å². The second-order valence-corrected chi connectivity index (χ2v) is 7.95. The Hall–Kier alpha value is -2.85. The number of ether oxygens (including phenoxy) is 1. The Labute approximate surface area is 187 Å². The van der Waals surface area contributed by atoms with E-state index in [9.17, 15) is 18.4 Å². The molecule has 0 saturated carbocycles. The van der Waals surface area contributed by atoms with Gasteiger partial charge in [0, 0.05) is 48.3 Å². The topological polar surface area (TPSA) is 92.4 Å². The lowest BCUT2D eigenvalue weighted by molar-refractivity contribution is -0.125. The number of carbonyl (C=O) groups excluding carboxylic acids is 2. The van der Waals surface area contributed by atoms with Crippen molar-refractivity contribution in [2.45, 2.75) is 45.6 Å². The Bertz CT molecular complexity index is 989. The van der Waals surface area contributed by atoms with Gasteiger partial charge in [0.25, 0.3) is 0 Å². The predicted octanol–water partition coefficient (Wildman–Crippen LogP) is 3.60. The zero-order valence-electron chi connectivity index (χ0n) is 17.3. The van der Waals surface area contributed by atoms with Crippen molar-refractivity contribution in [3.63, 3.8) is 0 Å². The van der Waals surface area contributed by atoms with Gasteiger partial charge >= 0.3 is 6.61 Å². The van der Waals surface area contributed by atoms with Crippen molar-refractivity contribution in [1.82, 2.24) is 20.9 Å². The summed E-state index contributed by atoms with van der Waals surface area (Å²) >= 11 is 6.24. The van der Waals surface area contributed by atoms with Gasteiger partial charge in [0.15, 0.2) is 0 Å². The summed E-state index contributed by atoms with van der Waals surface area (Å²) in [7, 11) is 0. The van der Waals surface area contributed by atoms with Crippen molar-refractivity contribution in [1.29, 1.82) is 0 Å². The van der Waals surface area contributed by atoms with Crippen LogP contribution in [0, 0.1) is 11.7 Å². The van der Waals surface area contributed by atoms with E-state index in [1.165, 1.54) is 30.5 Å². The van der Waals surface area contributed by atoms with Gasteiger partial charge in [-0.25, -0.2) is 9.37 Å². The summed E-state index contributed by atoms with van der Waals surface area (Å²) < 4.78 is 44.1. The van der Waals surface area contributed by atoms with E-state index in [4.69, 9.17) is 11.6 Å². The summed E-state index contributed by atoms with van der Waals surface area (Å²) in [5.41, 5.74) is 0.779. The predicted molar refractivity (Wildman–Crippen MR) is 110 cm³/mol. The molecule has 2 aromatic rings. The van der Waals surface area contributed by atoms with Crippen LogP contribution in [0.3, 0.4) is 0 Å². The first-order valence-electron chi connectivity index (χ1n) is 9.86. The van der Waals surface area contributed by atoms with Crippen molar-refractivity contribution in [3.05, 3.63) is 58.0 Å². The molecule has 1 fully saturated rings. The Morgan fingerprint density at radius 3 is 2.69 bits per heavy atom. The molecule has 1 aromatic carbocycles. The molecule has 2 unspecified atom stereocenters. The summed E-state index contributed by atoms with van der Waals surface area (Å²) in [4.78, 5) is 28.0. The highest BCUT2D eigenvalue weighted by Crippen LogP contribution is 2.32. The molecular weight excluding hydrogens is 449 g/mol. The van der Waals surface area contributed by atoms with Gasteiger partial charge in [-0.2, -0.15) is 8.78 Å². The van der Waals surface area contributed by atoms with Gasteiger partial charge in [-0.05, 0) is 11.6 Å². The van der Waals surface area contributed by atoms with Crippen LogP contribution in [-0.2, 0) is 16.1 Å². The number of hydrogen-bond acceptors (Lipinski definition) is 5. The fourth-order valence-electron chi connectivity index (χ4n) is 3.24. The highest BCUT2D eigenvalue weighted by atomic mass is 35.5. The number of nitrogens with zero attached hydrogens (tertiary/aromatic N) is 1. The molecule has 2 atom stereocenters. The van der Waals surface area contributed by atoms with Crippen LogP contribution in [0.1, 0.15) is 49.2 Å². The average molecular weight is 471 g/mol. The average Bonchev–Trinajstić information content (AvgIpc) is 2.72. The van der Waals surface area contributed by atoms with Crippen LogP contribution in [0.5, 0.6) is 5.88 Å². The Kier molecular flexibility index (Phi) is 7.57. The minimum Gasteiger partial charge on any atom is -0.417 e. The second-order valence-electron chi connectivity index (χ2n) is 7.54. The van der Waals surface area contributed by atoms with Crippen LogP contribution in [0.25, 0.3) is 0 Å². The third-order valence-corrected chi connectivity index (χ3v) is 5.24. The molecule has 0 radical (unpaired) electrons. The quantitative estimate of drug-likeness (QED) is 0.575. The van der Waals surface area contributed by atoms with Gasteiger partial charge in [0.1, 0.15) is 12.0 Å². The van der Waals surface area contributed by atoms with E-state index in [0.29, 0.717) is 5.56 Å². The van der Waals surface area contributed by atoms with Gasteiger partial charge in [-0.1, -0.05) is 37.6 Å². The van der Waals surface area contributed by atoms with Crippen molar-refractivity contribution < 1.29 is 27.5 Å². The number of pyridine rings is 1. The number of nitrogens with one attached hydrogen (secondary N) is 3. The summed E-state index contributed by atoms with van der Waals surface area (Å²) in [6, 6.07) is 5.15. The van der Waals surface area contributed by atoms with Crippen molar-refractivity contribution in [2.75, 3.05) is 0 Å². The zero-order valence-corrected chi connectivity index (χ0v) is 18.1. The number of benzene rings is 1. The number of halogens is 4. The minimum atomic E-state index is -3.00. The summed E-state index contributed by atoms with van der Waals surface area (Å²) in [6.07, 6.45) is 0.379. The third-order valence-electron chi connectivity index (χ3n) is 4.91. The molecule has 3 N–H and O–H groups in total. The van der Waals surface area contributed by atoms with E-state index in [1.54, 1.807) is 13.8 Å². The number of aromatic nitrogens is 1. The molecule has 1 saturated heterocycles. The van der Waals surface area contributed by atoms with Crippen LogP contribution in [0.2, 0.25) is 5.02 Å². The van der Waals surface area contributed by atoms with Crippen LogP contribution >= 0.6 is 11.6 Å². The molecule has 0 bridgehead atoms. The molecule has 0 spiro atoms. The molecule has 1 aromatic heterocycles. The van der Waals surface area contributed by atoms with Gasteiger partial charge in [0.2, 0.25) is 17.7 Å². The second kappa shape index (κ2) is 10.2. The SMILES string of the molecule is CC(C)C(=O)NCc1ccc(Cl)c(C2NC(=O)CC(c3ccc(OC(F)F)nc3)N2)c1F. The smallest absolute Gasteiger partial charge is 0.388 e. The van der Waals surface area contributed by atoms with Crippen molar-refractivity contribution in [2.24, 2.45) is 5.92 Å². The van der Waals surface area contributed by atoms with E-state index >= 15 is 4.39 Å². The lowest BCUT2D eigenvalue weighted by atomic mass is 9.99. The van der Waals surface area contributed by atoms with E-state index in [1.807, 2.05) is 0 Å². The number of hydrogen-bond donors (Lipinski definition) is 3. The number of amides is 2. The number of alkyl halides is 2. The van der Waals surface area contributed by atoms with Crippen LogP contribution in [0.4, 0.5) is 13.2 Å². The lowest BCUT2D eigenvalue weighted by Crippen LogP contribution is -2.47. The van der Waals surface area contributed by atoms with Gasteiger partial charge in [-0.15, -0.1) is 0 Å². The Balaban J connectivity index is 1.82. The molecule has 2 heterocycles. The zero-order chi connectivity index (χ0) is 23.4. The monoisotopic (exact) mass is 470 g/mol. The summed E-state index contributed by atoms with van der Waals surface area (Å²) in [5.74, 6) is -1.75. The Morgan fingerprint density at radius 1 is 1.31 bits per heavy atom. The molecule has 32 heavy (non-hydrogen) atoms. The van der Waals surface area contributed by atoms with Crippen molar-refractivity contribution in [3.8, 4) is 5.88 Å². The third kappa shape index (κ3) is 5.68. The standard InChI is InChI=1S/C21H22ClF3N4O3/c1-10(2)20(31)27-9-12-3-5-13(22)17(18(12)23)19-28-14(7-15(30)29-19)11-4-6-16(26-8-11)32-21(24)25/h3-6,8,10,14,19,21,28H,7,9H2,1-2H3,(H,27,31)(H,29,30). The number of carbonyl (C=O) groups is 2. The fraction of sp³-hybridized carbons (Fsp3) is 0.381. The largest absolute Gasteiger partial charge is 0.417 e. The maximum Gasteiger partial charge on any atom is 0.388 e. The lowest BCUT2D eigenvalue weighted by Gasteiger charge is -2.33. The van der Waals surface area contributed by atoms with Gasteiger partial charge < -0.3 is 15.4 Å². The molecule has 2 amide bonds. The summed E-state index contributed by atoms with van der Waals surface area (Å²) in [5, 5.41) is 8.50. The molecule has 172 valence electrons. The molecular formula is C21H22ClF3N4O3. The molecule has 1 aliphatic heterocycles. The first kappa shape index (κ1) is 23.8. The first-order valence-corrected chi connectivity index (χ1v) is 10.2. The maximum atomic E-state index is 15.3. The number of rotatable bonds is 7. The first-order chi connectivity index (χ1) is 15.2. The van der Waals surface area contributed by atoms with E-state index in [-0.39, 0.29) is 52.7 Å². The maximum absolute atomic E-state index is 15.3. The molecule has 7 nitrogen and oxygen atoms in total. The van der Waals surface area contributed by atoms with Gasteiger partial charge in [0.05, 0.1) is 5.02 Å².